The van der Waals surface area contributed by atoms with Crippen LogP contribution < -0.4 is 10.1 Å². The van der Waals surface area contributed by atoms with E-state index in [-0.39, 0.29) is 5.91 Å². The van der Waals surface area contributed by atoms with Crippen molar-refractivity contribution in [2.24, 2.45) is 0 Å². The Hall–Kier alpha value is -2.56. The monoisotopic (exact) mass is 381 g/mol. The molecule has 1 N–H and O–H groups in total. The van der Waals surface area contributed by atoms with Gasteiger partial charge in [-0.2, -0.15) is 0 Å². The van der Waals surface area contributed by atoms with Crippen LogP contribution in [0.1, 0.15) is 15.2 Å². The molecule has 0 aliphatic rings. The molecule has 1 heterocycles. The third-order valence-electron chi connectivity index (χ3n) is 4.33. The highest BCUT2D eigenvalue weighted by Crippen LogP contribution is 2.40. The average molecular weight is 382 g/mol. The molecule has 0 saturated carbocycles. The molecular weight excluding hydrogens is 366 g/mol. The number of carbonyl (C=O) groups is 1. The van der Waals surface area contributed by atoms with Gasteiger partial charge in [0.05, 0.1) is 17.8 Å². The second kappa shape index (κ2) is 6.63. The minimum atomic E-state index is -0.232. The summed E-state index contributed by atoms with van der Waals surface area (Å²) in [6, 6.07) is 17.8. The zero-order valence-electron chi connectivity index (χ0n) is 14.3. The average Bonchev–Trinajstić information content (AvgIpc) is 2.99. The van der Waals surface area contributed by atoms with E-state index in [1.807, 2.05) is 55.5 Å². The summed E-state index contributed by atoms with van der Waals surface area (Å²) >= 11 is 8.02. The molecule has 3 nitrogen and oxygen atoms in total. The number of carbonyl (C=O) groups excluding carboxylic acids is 1. The minimum Gasteiger partial charge on any atom is -0.495 e. The largest absolute Gasteiger partial charge is 0.495 e. The summed E-state index contributed by atoms with van der Waals surface area (Å²) < 4.78 is 6.34. The molecule has 0 saturated heterocycles. The molecule has 5 heteroatoms. The van der Waals surface area contributed by atoms with Gasteiger partial charge in [0, 0.05) is 10.1 Å². The first-order chi connectivity index (χ1) is 12.6. The fraction of sp³-hybridized carbons (Fsp3) is 0.0952. The van der Waals surface area contributed by atoms with Crippen LogP contribution in [-0.2, 0) is 0 Å². The molecule has 4 rings (SSSR count). The highest BCUT2D eigenvalue weighted by atomic mass is 35.5. The molecule has 0 aliphatic heterocycles. The number of rotatable bonds is 3. The molecule has 0 spiro atoms. The quantitative estimate of drug-likeness (QED) is 0.453. The number of hydrogen-bond donors (Lipinski definition) is 1. The van der Waals surface area contributed by atoms with E-state index >= 15 is 0 Å². The van der Waals surface area contributed by atoms with Gasteiger partial charge in [-0.25, -0.2) is 0 Å². The molecule has 0 aliphatic carbocycles. The molecule has 26 heavy (non-hydrogen) atoms. The van der Waals surface area contributed by atoms with Crippen LogP contribution in [0.4, 0.5) is 5.69 Å². The van der Waals surface area contributed by atoms with Crippen molar-refractivity contribution in [1.82, 2.24) is 0 Å². The predicted octanol–water partition coefficient (Wildman–Crippen LogP) is 6.28. The SMILES string of the molecule is COc1ccc(C)cc1NC(=O)c1sc2ccc3ccccc3c2c1Cl. The van der Waals surface area contributed by atoms with Crippen molar-refractivity contribution in [1.29, 1.82) is 0 Å². The minimum absolute atomic E-state index is 0.232. The van der Waals surface area contributed by atoms with Crippen molar-refractivity contribution >= 4 is 55.4 Å². The van der Waals surface area contributed by atoms with Crippen LogP contribution >= 0.6 is 22.9 Å². The third kappa shape index (κ3) is 2.81. The lowest BCUT2D eigenvalue weighted by atomic mass is 10.1. The second-order valence-corrected chi connectivity index (χ2v) is 7.49. The Balaban J connectivity index is 1.80. The Kier molecular flexibility index (Phi) is 4.31. The first kappa shape index (κ1) is 16.9. The third-order valence-corrected chi connectivity index (χ3v) is 5.97. The predicted molar refractivity (Wildman–Crippen MR) is 110 cm³/mol. The Morgan fingerprint density at radius 2 is 1.92 bits per heavy atom. The summed E-state index contributed by atoms with van der Waals surface area (Å²) in [6.45, 7) is 1.97. The summed E-state index contributed by atoms with van der Waals surface area (Å²) in [5, 5.41) is 6.51. The fourth-order valence-corrected chi connectivity index (χ4v) is 4.54. The number of hydrogen-bond acceptors (Lipinski definition) is 3. The van der Waals surface area contributed by atoms with Gasteiger partial charge in [0.25, 0.3) is 5.91 Å². The topological polar surface area (TPSA) is 38.3 Å². The van der Waals surface area contributed by atoms with E-state index in [0.29, 0.717) is 21.3 Å². The maximum atomic E-state index is 12.9. The smallest absolute Gasteiger partial charge is 0.267 e. The van der Waals surface area contributed by atoms with E-state index in [4.69, 9.17) is 16.3 Å². The van der Waals surface area contributed by atoms with Crippen LogP contribution in [0.15, 0.2) is 54.6 Å². The molecule has 4 aromatic rings. The van der Waals surface area contributed by atoms with Crippen molar-refractivity contribution in [2.45, 2.75) is 6.92 Å². The summed E-state index contributed by atoms with van der Waals surface area (Å²) in [5.74, 6) is 0.385. The molecule has 0 fully saturated rings. The standard InChI is InChI=1S/C21H16ClNO2S/c1-12-7-9-16(25-2)15(11-12)23-21(24)20-19(22)18-14-6-4-3-5-13(14)8-10-17(18)26-20/h3-11H,1-2H3,(H,23,24). The van der Waals surface area contributed by atoms with Crippen LogP contribution in [0.5, 0.6) is 5.75 Å². The Bertz CT molecular complexity index is 1150. The van der Waals surface area contributed by atoms with Crippen molar-refractivity contribution in [3.05, 3.63) is 70.1 Å². The molecule has 1 aromatic heterocycles. The summed E-state index contributed by atoms with van der Waals surface area (Å²) in [6.07, 6.45) is 0. The normalized spacial score (nSPS) is 11.0. The van der Waals surface area contributed by atoms with Crippen LogP contribution in [0.2, 0.25) is 5.02 Å². The molecular formula is C21H16ClNO2S. The highest BCUT2D eigenvalue weighted by molar-refractivity contribution is 7.22. The Morgan fingerprint density at radius 3 is 2.73 bits per heavy atom. The van der Waals surface area contributed by atoms with Gasteiger partial charge in [-0.05, 0) is 41.5 Å². The van der Waals surface area contributed by atoms with Gasteiger partial charge in [-0.1, -0.05) is 48.0 Å². The lowest BCUT2D eigenvalue weighted by Crippen LogP contribution is -2.11. The molecule has 130 valence electrons. The number of benzene rings is 3. The summed E-state index contributed by atoms with van der Waals surface area (Å²) in [4.78, 5) is 13.4. The Labute approximate surface area is 160 Å². The van der Waals surface area contributed by atoms with Crippen LogP contribution in [0.25, 0.3) is 20.9 Å². The van der Waals surface area contributed by atoms with Crippen molar-refractivity contribution in [3.8, 4) is 5.75 Å². The van der Waals surface area contributed by atoms with Gasteiger partial charge in [0.1, 0.15) is 10.6 Å². The zero-order valence-corrected chi connectivity index (χ0v) is 15.9. The van der Waals surface area contributed by atoms with E-state index in [1.165, 1.54) is 11.3 Å². The number of ether oxygens (including phenoxy) is 1. The van der Waals surface area contributed by atoms with E-state index < -0.39 is 0 Å². The van der Waals surface area contributed by atoms with Crippen molar-refractivity contribution in [2.75, 3.05) is 12.4 Å². The van der Waals surface area contributed by atoms with E-state index in [9.17, 15) is 4.79 Å². The van der Waals surface area contributed by atoms with E-state index in [0.717, 1.165) is 26.4 Å². The molecule has 0 atom stereocenters. The molecule has 0 unspecified atom stereocenters. The number of fused-ring (bicyclic) bond motifs is 3. The molecule has 1 amide bonds. The molecule has 3 aromatic carbocycles. The highest BCUT2D eigenvalue weighted by Gasteiger charge is 2.20. The number of methoxy groups -OCH3 is 1. The van der Waals surface area contributed by atoms with Gasteiger partial charge in [-0.3, -0.25) is 4.79 Å². The number of aryl methyl sites for hydroxylation is 1. The maximum Gasteiger partial charge on any atom is 0.267 e. The number of thiophene rings is 1. The van der Waals surface area contributed by atoms with E-state index in [1.54, 1.807) is 7.11 Å². The van der Waals surface area contributed by atoms with Crippen LogP contribution in [-0.4, -0.2) is 13.0 Å². The first-order valence-electron chi connectivity index (χ1n) is 8.14. The van der Waals surface area contributed by atoms with Crippen LogP contribution in [0.3, 0.4) is 0 Å². The summed E-state index contributed by atoms with van der Waals surface area (Å²) in [5.41, 5.74) is 1.67. The number of halogens is 1. The number of amides is 1. The van der Waals surface area contributed by atoms with Crippen molar-refractivity contribution in [3.63, 3.8) is 0 Å². The fourth-order valence-electron chi connectivity index (χ4n) is 3.08. The second-order valence-electron chi connectivity index (χ2n) is 6.06. The number of anilines is 1. The molecule has 0 bridgehead atoms. The first-order valence-corrected chi connectivity index (χ1v) is 9.33. The van der Waals surface area contributed by atoms with Crippen LogP contribution in [0, 0.1) is 6.92 Å². The van der Waals surface area contributed by atoms with Gasteiger partial charge < -0.3 is 10.1 Å². The molecule has 0 radical (unpaired) electrons. The number of nitrogens with one attached hydrogen (secondary N) is 1. The van der Waals surface area contributed by atoms with Gasteiger partial charge in [0.15, 0.2) is 0 Å². The maximum absolute atomic E-state index is 12.9. The van der Waals surface area contributed by atoms with Gasteiger partial charge in [-0.15, -0.1) is 11.3 Å². The Morgan fingerprint density at radius 1 is 1.12 bits per heavy atom. The van der Waals surface area contributed by atoms with Crippen molar-refractivity contribution < 1.29 is 9.53 Å². The lowest BCUT2D eigenvalue weighted by Gasteiger charge is -2.10. The zero-order chi connectivity index (χ0) is 18.3. The van der Waals surface area contributed by atoms with Gasteiger partial charge >= 0.3 is 0 Å². The lowest BCUT2D eigenvalue weighted by molar-refractivity contribution is 0.103. The van der Waals surface area contributed by atoms with E-state index in [2.05, 4.69) is 11.4 Å². The van der Waals surface area contributed by atoms with Gasteiger partial charge in [0.2, 0.25) is 0 Å². The summed E-state index contributed by atoms with van der Waals surface area (Å²) in [7, 11) is 1.58.